The molecule has 4 atom stereocenters. The van der Waals surface area contributed by atoms with Crippen LogP contribution in [-0.4, -0.2) is 76.4 Å². The summed E-state index contributed by atoms with van der Waals surface area (Å²) >= 11 is 0. The average molecular weight is 787 g/mol. The SMILES string of the molecule is CCOP(=O)(OCC)C(F)(F)c1ccc2c(c1)cc(C(=O)N[C@@H]1CCCCC3CC[C@@H](C(=O)N[C@@H](CCC(N)=O)C(=O)NCc4ccccc4)N3C1=O)n2C. The van der Waals surface area contributed by atoms with Gasteiger partial charge >= 0.3 is 13.3 Å². The molecule has 0 radical (unpaired) electrons. The fourth-order valence-electron chi connectivity index (χ4n) is 7.34. The van der Waals surface area contributed by atoms with Crippen LogP contribution in [-0.2, 0) is 52.0 Å². The van der Waals surface area contributed by atoms with Crippen molar-refractivity contribution in [1.82, 2.24) is 25.4 Å². The first-order valence-electron chi connectivity index (χ1n) is 18.6. The van der Waals surface area contributed by atoms with E-state index in [1.807, 2.05) is 30.3 Å². The van der Waals surface area contributed by atoms with E-state index in [4.69, 9.17) is 14.8 Å². The van der Waals surface area contributed by atoms with Crippen LogP contribution in [0, 0.1) is 0 Å². The number of rotatable bonds is 16. The molecule has 14 nitrogen and oxygen atoms in total. The van der Waals surface area contributed by atoms with E-state index >= 15 is 8.78 Å². The van der Waals surface area contributed by atoms with Gasteiger partial charge in [0.15, 0.2) is 0 Å². The molecule has 2 fully saturated rings. The van der Waals surface area contributed by atoms with Crippen molar-refractivity contribution in [3.05, 3.63) is 71.4 Å². The number of hydrogen-bond acceptors (Lipinski definition) is 8. The average Bonchev–Trinajstić information content (AvgIpc) is 3.73. The number of aryl methyl sites for hydroxylation is 1. The van der Waals surface area contributed by atoms with Crippen LogP contribution < -0.4 is 21.7 Å². The molecule has 0 bridgehead atoms. The summed E-state index contributed by atoms with van der Waals surface area (Å²) in [7, 11) is -3.29. The van der Waals surface area contributed by atoms with E-state index in [0.29, 0.717) is 37.6 Å². The van der Waals surface area contributed by atoms with Crippen molar-refractivity contribution in [3.63, 3.8) is 0 Å². The van der Waals surface area contributed by atoms with E-state index in [-0.39, 0.29) is 49.7 Å². The molecule has 2 aliphatic heterocycles. The van der Waals surface area contributed by atoms with Gasteiger partial charge in [-0.1, -0.05) is 49.2 Å². The Morgan fingerprint density at radius 2 is 1.67 bits per heavy atom. The summed E-state index contributed by atoms with van der Waals surface area (Å²) in [6, 6.07) is 11.0. The largest absolute Gasteiger partial charge is 0.404 e. The molecule has 5 rings (SSSR count). The zero-order chi connectivity index (χ0) is 39.9. The van der Waals surface area contributed by atoms with Crippen molar-refractivity contribution in [2.24, 2.45) is 12.8 Å². The molecule has 1 aromatic heterocycles. The van der Waals surface area contributed by atoms with Crippen molar-refractivity contribution in [3.8, 4) is 0 Å². The summed E-state index contributed by atoms with van der Waals surface area (Å²) in [4.78, 5) is 68.2. The van der Waals surface area contributed by atoms with E-state index in [1.54, 1.807) is 7.05 Å². The third kappa shape index (κ3) is 9.25. The third-order valence-corrected chi connectivity index (χ3v) is 12.3. The fraction of sp³-hybridized carbons (Fsp3) is 0.500. The number of alkyl halides is 2. The number of primary amides is 1. The Labute approximate surface area is 318 Å². The van der Waals surface area contributed by atoms with Crippen molar-refractivity contribution in [2.45, 2.75) is 102 Å². The molecular formula is C38H49F2N6O8P. The zero-order valence-electron chi connectivity index (χ0n) is 31.2. The van der Waals surface area contributed by atoms with Crippen LogP contribution in [0.1, 0.15) is 86.8 Å². The molecule has 0 saturated carbocycles. The summed E-state index contributed by atoms with van der Waals surface area (Å²) < 4.78 is 55.5. The van der Waals surface area contributed by atoms with Gasteiger partial charge in [-0.05, 0) is 69.7 Å². The summed E-state index contributed by atoms with van der Waals surface area (Å²) in [6.07, 6.45) is 3.06. The van der Waals surface area contributed by atoms with E-state index in [2.05, 4.69) is 16.0 Å². The molecule has 298 valence electrons. The molecular weight excluding hydrogens is 737 g/mol. The first-order chi connectivity index (χ1) is 26.2. The number of benzene rings is 2. The van der Waals surface area contributed by atoms with Crippen LogP contribution in [0.5, 0.6) is 0 Å². The van der Waals surface area contributed by atoms with Crippen LogP contribution in [0.25, 0.3) is 10.9 Å². The minimum absolute atomic E-state index is 0.0347. The molecule has 2 aliphatic rings. The summed E-state index contributed by atoms with van der Waals surface area (Å²) in [5.41, 5.74) is 2.16. The lowest BCUT2D eigenvalue weighted by Crippen LogP contribution is -2.58. The maximum atomic E-state index is 15.6. The second-order valence-corrected chi connectivity index (χ2v) is 15.9. The van der Waals surface area contributed by atoms with Crippen molar-refractivity contribution in [1.29, 1.82) is 0 Å². The summed E-state index contributed by atoms with van der Waals surface area (Å²) in [6.45, 7) is 2.57. The third-order valence-electron chi connectivity index (χ3n) is 10.1. The minimum atomic E-state index is -4.87. The lowest BCUT2D eigenvalue weighted by atomic mass is 9.98. The summed E-state index contributed by atoms with van der Waals surface area (Å²) in [5.74, 6) is -2.75. The number of fused-ring (bicyclic) bond motifs is 2. The predicted molar refractivity (Wildman–Crippen MR) is 200 cm³/mol. The number of nitrogens with one attached hydrogen (secondary N) is 3. The number of nitrogens with two attached hydrogens (primary N) is 1. The molecule has 2 aromatic carbocycles. The molecule has 17 heteroatoms. The minimum Gasteiger partial charge on any atom is -0.370 e. The lowest BCUT2D eigenvalue weighted by Gasteiger charge is -2.35. The van der Waals surface area contributed by atoms with Gasteiger partial charge in [0.1, 0.15) is 23.8 Å². The highest BCUT2D eigenvalue weighted by Crippen LogP contribution is 2.66. The van der Waals surface area contributed by atoms with Crippen LogP contribution in [0.15, 0.2) is 54.6 Å². The number of hydrogen-bond donors (Lipinski definition) is 4. The lowest BCUT2D eigenvalue weighted by molar-refractivity contribution is -0.143. The van der Waals surface area contributed by atoms with Crippen LogP contribution >= 0.6 is 7.60 Å². The van der Waals surface area contributed by atoms with Gasteiger partial charge in [-0.25, -0.2) is 0 Å². The monoisotopic (exact) mass is 786 g/mol. The molecule has 55 heavy (non-hydrogen) atoms. The first kappa shape index (κ1) is 41.5. The number of amides is 5. The van der Waals surface area contributed by atoms with Crippen LogP contribution in [0.2, 0.25) is 0 Å². The smallest absolute Gasteiger partial charge is 0.370 e. The Hall–Kier alpha value is -4.66. The van der Waals surface area contributed by atoms with Gasteiger partial charge in [-0.3, -0.25) is 28.5 Å². The van der Waals surface area contributed by atoms with E-state index in [9.17, 15) is 28.5 Å². The predicted octanol–water partition coefficient (Wildman–Crippen LogP) is 4.59. The Morgan fingerprint density at radius 1 is 0.982 bits per heavy atom. The fourth-order valence-corrected chi connectivity index (χ4v) is 8.87. The van der Waals surface area contributed by atoms with Gasteiger partial charge in [0, 0.05) is 42.5 Å². The molecule has 5 amide bonds. The normalized spacial score (nSPS) is 19.6. The molecule has 3 aromatic rings. The molecule has 1 unspecified atom stereocenters. The van der Waals surface area contributed by atoms with Gasteiger partial charge in [0.2, 0.25) is 23.6 Å². The first-order valence-corrected chi connectivity index (χ1v) is 20.1. The second kappa shape index (κ2) is 17.9. The van der Waals surface area contributed by atoms with E-state index in [1.165, 1.54) is 35.4 Å². The van der Waals surface area contributed by atoms with Crippen LogP contribution in [0.4, 0.5) is 8.78 Å². The quantitative estimate of drug-likeness (QED) is 0.152. The highest BCUT2D eigenvalue weighted by molar-refractivity contribution is 7.54. The van der Waals surface area contributed by atoms with Gasteiger partial charge in [0.05, 0.1) is 13.2 Å². The van der Waals surface area contributed by atoms with Crippen molar-refractivity contribution < 1.29 is 46.4 Å². The molecule has 5 N–H and O–H groups in total. The van der Waals surface area contributed by atoms with E-state index in [0.717, 1.165) is 24.1 Å². The number of carbonyl (C=O) groups is 5. The number of halogens is 2. The van der Waals surface area contributed by atoms with Crippen molar-refractivity contribution in [2.75, 3.05) is 13.2 Å². The maximum absolute atomic E-state index is 15.6. The standard InChI is InChI=1S/C38H49F2N6O8P/c1-4-53-55(52,54-5-2)38(39,40)26-15-18-30-25(21-26)22-32(45(30)3)36(50)44-29-14-10-9-13-27-16-19-31(46(27)37(29)51)35(49)43-28(17-20-33(41)47)34(48)42-23-24-11-7-6-8-12-24/h6-8,11-12,15,18,21-22,27-29,31H,4-5,9-10,13-14,16-17,19-20,23H2,1-3H3,(H2,41,47)(H,42,48)(H,43,49)(H,44,50)/t27?,28-,29+,31-/m0/s1. The second-order valence-electron chi connectivity index (χ2n) is 13.8. The molecule has 2 saturated heterocycles. The zero-order valence-corrected chi connectivity index (χ0v) is 32.1. The van der Waals surface area contributed by atoms with Gasteiger partial charge in [-0.2, -0.15) is 8.78 Å². The number of carbonyl (C=O) groups excluding carboxylic acids is 5. The Bertz CT molecular complexity index is 1930. The number of nitrogens with zero attached hydrogens (tertiary/aromatic N) is 2. The van der Waals surface area contributed by atoms with E-state index < -0.39 is 66.5 Å². The highest BCUT2D eigenvalue weighted by Gasteiger charge is 2.55. The maximum Gasteiger partial charge on any atom is 0.404 e. The molecule has 3 heterocycles. The number of aromatic nitrogens is 1. The van der Waals surface area contributed by atoms with Gasteiger partial charge in [0.25, 0.3) is 5.91 Å². The Morgan fingerprint density at radius 3 is 2.35 bits per heavy atom. The molecule has 0 spiro atoms. The highest BCUT2D eigenvalue weighted by atomic mass is 31.2. The van der Waals surface area contributed by atoms with Gasteiger partial charge in [-0.15, -0.1) is 0 Å². The topological polar surface area (TPSA) is 191 Å². The molecule has 0 aliphatic carbocycles. The van der Waals surface area contributed by atoms with Crippen molar-refractivity contribution >= 4 is 48.0 Å². The van der Waals surface area contributed by atoms with Gasteiger partial charge < -0.3 is 40.2 Å². The Kier molecular flexibility index (Phi) is 13.5. The summed E-state index contributed by atoms with van der Waals surface area (Å²) in [5, 5.41) is 8.63. The van der Waals surface area contributed by atoms with Crippen LogP contribution in [0.3, 0.4) is 0 Å². The Balaban J connectivity index is 1.32.